The normalized spacial score (nSPS) is 30.3. The monoisotopic (exact) mass is 299 g/mol. The van der Waals surface area contributed by atoms with E-state index in [0.717, 1.165) is 19.3 Å². The fraction of sp³-hybridized carbons (Fsp3) is 0.625. The minimum Gasteiger partial charge on any atom is -0.325 e. The number of hydrogen-bond acceptors (Lipinski definition) is 1. The highest BCUT2D eigenvalue weighted by atomic mass is 35.5. The van der Waals surface area contributed by atoms with E-state index >= 15 is 0 Å². The molecule has 0 aliphatic heterocycles. The summed E-state index contributed by atoms with van der Waals surface area (Å²) in [6.45, 7) is 6.94. The number of benzene rings is 1. The molecule has 1 aromatic carbocycles. The zero-order valence-corrected chi connectivity index (χ0v) is 13.5. The van der Waals surface area contributed by atoms with E-state index in [4.69, 9.17) is 28.9 Å². The molecule has 2 unspecified atom stereocenters. The molecule has 0 saturated heterocycles. The quantitative estimate of drug-likeness (QED) is 0.810. The van der Waals surface area contributed by atoms with Crippen molar-refractivity contribution in [1.82, 2.24) is 0 Å². The number of hydrogen-bond donors (Lipinski definition) is 1. The van der Waals surface area contributed by atoms with Gasteiger partial charge in [0.2, 0.25) is 0 Å². The lowest BCUT2D eigenvalue weighted by Gasteiger charge is -2.46. The van der Waals surface area contributed by atoms with Gasteiger partial charge in [-0.15, -0.1) is 0 Å². The van der Waals surface area contributed by atoms with E-state index in [1.165, 1.54) is 12.0 Å². The standard InChI is InChI=1S/C16H23Cl2N/c1-11-7-15(2,3)10-16(19,8-11)9-12-4-5-13(17)14(18)6-12/h4-6,11H,7-10,19H2,1-3H3. The molecule has 1 nitrogen and oxygen atoms in total. The highest BCUT2D eigenvalue weighted by Gasteiger charge is 2.40. The Bertz CT molecular complexity index is 470. The summed E-state index contributed by atoms with van der Waals surface area (Å²) in [6, 6.07) is 5.85. The molecule has 1 aliphatic rings. The lowest BCUT2D eigenvalue weighted by molar-refractivity contribution is 0.108. The third-order valence-corrected chi connectivity index (χ3v) is 4.77. The Hall–Kier alpha value is -0.240. The van der Waals surface area contributed by atoms with Crippen molar-refractivity contribution in [2.45, 2.75) is 52.0 Å². The zero-order valence-electron chi connectivity index (χ0n) is 12.0. The highest BCUT2D eigenvalue weighted by Crippen LogP contribution is 2.44. The highest BCUT2D eigenvalue weighted by molar-refractivity contribution is 6.42. The number of halogens is 2. The van der Waals surface area contributed by atoms with Gasteiger partial charge in [-0.2, -0.15) is 0 Å². The van der Waals surface area contributed by atoms with Crippen LogP contribution in [-0.4, -0.2) is 5.54 Å². The van der Waals surface area contributed by atoms with Crippen LogP contribution < -0.4 is 5.73 Å². The minimum absolute atomic E-state index is 0.127. The molecule has 2 rings (SSSR count). The first kappa shape index (κ1) is 15.2. The van der Waals surface area contributed by atoms with Crippen LogP contribution in [0.2, 0.25) is 10.0 Å². The van der Waals surface area contributed by atoms with E-state index in [0.29, 0.717) is 21.4 Å². The average molecular weight is 300 g/mol. The molecule has 0 bridgehead atoms. The molecule has 1 fully saturated rings. The first-order valence-corrected chi connectivity index (χ1v) is 7.68. The van der Waals surface area contributed by atoms with Crippen LogP contribution >= 0.6 is 23.2 Å². The first-order chi connectivity index (χ1) is 8.69. The molecule has 106 valence electrons. The van der Waals surface area contributed by atoms with E-state index in [2.05, 4.69) is 20.8 Å². The Labute approximate surface area is 126 Å². The van der Waals surface area contributed by atoms with Gasteiger partial charge in [0.05, 0.1) is 10.0 Å². The van der Waals surface area contributed by atoms with Crippen LogP contribution in [-0.2, 0) is 6.42 Å². The van der Waals surface area contributed by atoms with Gasteiger partial charge < -0.3 is 5.73 Å². The fourth-order valence-corrected chi connectivity index (χ4v) is 4.32. The molecular weight excluding hydrogens is 277 g/mol. The second kappa shape index (κ2) is 5.27. The smallest absolute Gasteiger partial charge is 0.0595 e. The largest absolute Gasteiger partial charge is 0.325 e. The minimum atomic E-state index is -0.127. The molecule has 1 aromatic rings. The van der Waals surface area contributed by atoms with E-state index < -0.39 is 0 Å². The van der Waals surface area contributed by atoms with Gasteiger partial charge in [-0.3, -0.25) is 0 Å². The lowest BCUT2D eigenvalue weighted by atomic mass is 9.63. The number of rotatable bonds is 2. The Morgan fingerprint density at radius 1 is 1.21 bits per heavy atom. The SMILES string of the molecule is CC1CC(C)(C)CC(N)(Cc2ccc(Cl)c(Cl)c2)C1. The summed E-state index contributed by atoms with van der Waals surface area (Å²) in [5.41, 5.74) is 8.05. The summed E-state index contributed by atoms with van der Waals surface area (Å²) >= 11 is 12.1. The lowest BCUT2D eigenvalue weighted by Crippen LogP contribution is -2.50. The van der Waals surface area contributed by atoms with Crippen molar-refractivity contribution >= 4 is 23.2 Å². The van der Waals surface area contributed by atoms with Gasteiger partial charge in [-0.05, 0) is 54.7 Å². The summed E-state index contributed by atoms with van der Waals surface area (Å²) in [4.78, 5) is 0. The second-order valence-electron chi connectivity index (χ2n) is 7.14. The van der Waals surface area contributed by atoms with E-state index in [-0.39, 0.29) is 5.54 Å². The molecule has 19 heavy (non-hydrogen) atoms. The fourth-order valence-electron chi connectivity index (χ4n) is 4.00. The maximum Gasteiger partial charge on any atom is 0.0595 e. The Morgan fingerprint density at radius 3 is 2.47 bits per heavy atom. The molecule has 0 radical (unpaired) electrons. The van der Waals surface area contributed by atoms with Crippen molar-refractivity contribution in [2.75, 3.05) is 0 Å². The summed E-state index contributed by atoms with van der Waals surface area (Å²) in [6.07, 6.45) is 4.27. The molecule has 1 aliphatic carbocycles. The van der Waals surface area contributed by atoms with E-state index in [9.17, 15) is 0 Å². The predicted octanol–water partition coefficient (Wildman–Crippen LogP) is 5.08. The molecule has 0 aromatic heterocycles. The second-order valence-corrected chi connectivity index (χ2v) is 7.96. The maximum atomic E-state index is 6.67. The summed E-state index contributed by atoms with van der Waals surface area (Å²) in [5, 5.41) is 1.22. The van der Waals surface area contributed by atoms with Crippen LogP contribution in [0.25, 0.3) is 0 Å². The molecule has 3 heteroatoms. The molecule has 2 atom stereocenters. The summed E-state index contributed by atoms with van der Waals surface area (Å²) < 4.78 is 0. The van der Waals surface area contributed by atoms with Crippen LogP contribution in [0.4, 0.5) is 0 Å². The summed E-state index contributed by atoms with van der Waals surface area (Å²) in [7, 11) is 0. The third-order valence-electron chi connectivity index (χ3n) is 4.03. The van der Waals surface area contributed by atoms with Crippen molar-refractivity contribution in [3.05, 3.63) is 33.8 Å². The molecular formula is C16H23Cl2N. The Morgan fingerprint density at radius 2 is 1.89 bits per heavy atom. The molecule has 0 spiro atoms. The van der Waals surface area contributed by atoms with Crippen LogP contribution in [0.15, 0.2) is 18.2 Å². The van der Waals surface area contributed by atoms with Crippen LogP contribution in [0.1, 0.15) is 45.6 Å². The molecule has 0 amide bonds. The van der Waals surface area contributed by atoms with Crippen molar-refractivity contribution in [2.24, 2.45) is 17.1 Å². The first-order valence-electron chi connectivity index (χ1n) is 6.92. The maximum absolute atomic E-state index is 6.67. The van der Waals surface area contributed by atoms with Crippen LogP contribution in [0.5, 0.6) is 0 Å². The van der Waals surface area contributed by atoms with Crippen molar-refractivity contribution < 1.29 is 0 Å². The summed E-state index contributed by atoms with van der Waals surface area (Å²) in [5.74, 6) is 0.677. The van der Waals surface area contributed by atoms with Gasteiger partial charge in [-0.25, -0.2) is 0 Å². The van der Waals surface area contributed by atoms with Crippen LogP contribution in [0, 0.1) is 11.3 Å². The van der Waals surface area contributed by atoms with Gasteiger partial charge in [0.1, 0.15) is 0 Å². The molecule has 2 N–H and O–H groups in total. The molecule has 1 saturated carbocycles. The zero-order chi connectivity index (χ0) is 14.3. The van der Waals surface area contributed by atoms with Gasteiger partial charge in [0, 0.05) is 5.54 Å². The van der Waals surface area contributed by atoms with Crippen molar-refractivity contribution in [3.63, 3.8) is 0 Å². The van der Waals surface area contributed by atoms with Gasteiger partial charge in [0.15, 0.2) is 0 Å². The van der Waals surface area contributed by atoms with Crippen molar-refractivity contribution in [3.8, 4) is 0 Å². The van der Waals surface area contributed by atoms with E-state index in [1.807, 2.05) is 18.2 Å². The Kier molecular flexibility index (Phi) is 4.21. The van der Waals surface area contributed by atoms with Gasteiger partial charge in [0.25, 0.3) is 0 Å². The van der Waals surface area contributed by atoms with Crippen LogP contribution in [0.3, 0.4) is 0 Å². The van der Waals surface area contributed by atoms with Crippen molar-refractivity contribution in [1.29, 1.82) is 0 Å². The average Bonchev–Trinajstić information content (AvgIpc) is 2.19. The number of nitrogens with two attached hydrogens (primary N) is 1. The third kappa shape index (κ3) is 3.87. The van der Waals surface area contributed by atoms with E-state index in [1.54, 1.807) is 0 Å². The van der Waals surface area contributed by atoms with Gasteiger partial charge >= 0.3 is 0 Å². The molecule has 0 heterocycles. The predicted molar refractivity (Wildman–Crippen MR) is 83.9 cm³/mol. The Balaban J connectivity index is 2.18. The topological polar surface area (TPSA) is 26.0 Å². The van der Waals surface area contributed by atoms with Gasteiger partial charge in [-0.1, -0.05) is 50.0 Å².